The van der Waals surface area contributed by atoms with E-state index in [1.807, 2.05) is 48.0 Å². The van der Waals surface area contributed by atoms with E-state index >= 15 is 0 Å². The molecule has 7 heteroatoms. The summed E-state index contributed by atoms with van der Waals surface area (Å²) in [4.78, 5) is 15.9. The Morgan fingerprint density at radius 3 is 2.83 bits per heavy atom. The van der Waals surface area contributed by atoms with Crippen LogP contribution in [0.15, 0.2) is 28.7 Å². The average molecular weight is 330 g/mol. The molecule has 3 rings (SSSR count). The average Bonchev–Trinajstić information content (AvgIpc) is 3.04. The molecule has 0 aliphatic carbocycles. The van der Waals surface area contributed by atoms with Crippen molar-refractivity contribution < 1.29 is 13.9 Å². The van der Waals surface area contributed by atoms with Crippen molar-refractivity contribution in [1.29, 1.82) is 0 Å². The highest BCUT2D eigenvalue weighted by molar-refractivity contribution is 5.78. The van der Waals surface area contributed by atoms with Gasteiger partial charge >= 0.3 is 0 Å². The van der Waals surface area contributed by atoms with Gasteiger partial charge in [-0.25, -0.2) is 0 Å². The van der Waals surface area contributed by atoms with Gasteiger partial charge in [0.1, 0.15) is 0 Å². The van der Waals surface area contributed by atoms with Crippen molar-refractivity contribution in [3.05, 3.63) is 35.7 Å². The van der Waals surface area contributed by atoms with Gasteiger partial charge in [0, 0.05) is 18.7 Å². The first-order valence-electron chi connectivity index (χ1n) is 8.05. The number of aryl methyl sites for hydroxylation is 1. The van der Waals surface area contributed by atoms with Crippen molar-refractivity contribution in [2.75, 3.05) is 39.9 Å². The Kier molecular flexibility index (Phi) is 5.22. The van der Waals surface area contributed by atoms with Gasteiger partial charge in [0.15, 0.2) is 0 Å². The van der Waals surface area contributed by atoms with E-state index in [1.54, 1.807) is 0 Å². The molecule has 0 spiro atoms. The van der Waals surface area contributed by atoms with Gasteiger partial charge in [-0.1, -0.05) is 17.7 Å². The maximum atomic E-state index is 12.2. The monoisotopic (exact) mass is 330 g/mol. The number of hydrogen-bond donors (Lipinski definition) is 0. The number of carbonyl (C=O) groups is 1. The molecule has 1 fully saturated rings. The highest BCUT2D eigenvalue weighted by atomic mass is 16.5. The van der Waals surface area contributed by atoms with E-state index < -0.39 is 0 Å². The molecule has 2 aromatic rings. The van der Waals surface area contributed by atoms with Crippen LogP contribution in [0.2, 0.25) is 0 Å². The largest absolute Gasteiger partial charge is 0.419 e. The number of nitrogens with zero attached hydrogens (tertiary/aromatic N) is 4. The number of morpholine rings is 1. The third-order valence-electron chi connectivity index (χ3n) is 3.91. The zero-order chi connectivity index (χ0) is 16.9. The van der Waals surface area contributed by atoms with Crippen LogP contribution in [-0.4, -0.2) is 65.8 Å². The zero-order valence-electron chi connectivity index (χ0n) is 14.1. The lowest BCUT2D eigenvalue weighted by atomic mass is 10.1. The lowest BCUT2D eigenvalue weighted by Crippen LogP contribution is -2.44. The van der Waals surface area contributed by atoms with Gasteiger partial charge in [0.05, 0.1) is 26.3 Å². The van der Waals surface area contributed by atoms with Crippen LogP contribution in [0, 0.1) is 6.92 Å². The molecule has 0 N–H and O–H groups in total. The normalized spacial score (nSPS) is 15.0. The molecule has 0 saturated carbocycles. The molecule has 0 radical (unpaired) electrons. The molecule has 1 saturated heterocycles. The third-order valence-corrected chi connectivity index (χ3v) is 3.91. The molecule has 24 heavy (non-hydrogen) atoms. The summed E-state index contributed by atoms with van der Waals surface area (Å²) in [6.45, 7) is 5.32. The summed E-state index contributed by atoms with van der Waals surface area (Å²) < 4.78 is 11.0. The van der Waals surface area contributed by atoms with E-state index in [-0.39, 0.29) is 5.91 Å². The van der Waals surface area contributed by atoms with Crippen molar-refractivity contribution in [3.8, 4) is 11.5 Å². The predicted molar refractivity (Wildman–Crippen MR) is 88.2 cm³/mol. The second-order valence-electron chi connectivity index (χ2n) is 6.04. The molecule has 0 atom stereocenters. The molecular formula is C17H22N4O3. The minimum absolute atomic E-state index is 0.0965. The molecule has 0 unspecified atom stereocenters. The van der Waals surface area contributed by atoms with Gasteiger partial charge < -0.3 is 14.1 Å². The smallest absolute Gasteiger partial charge is 0.247 e. The van der Waals surface area contributed by atoms with Gasteiger partial charge in [-0.2, -0.15) is 0 Å². The second-order valence-corrected chi connectivity index (χ2v) is 6.04. The number of amides is 1. The van der Waals surface area contributed by atoms with Crippen LogP contribution in [-0.2, 0) is 16.1 Å². The number of carbonyl (C=O) groups excluding carboxylic acids is 1. The van der Waals surface area contributed by atoms with E-state index in [1.165, 1.54) is 0 Å². The van der Waals surface area contributed by atoms with E-state index in [0.717, 1.165) is 11.1 Å². The van der Waals surface area contributed by atoms with E-state index in [2.05, 4.69) is 10.2 Å². The minimum Gasteiger partial charge on any atom is -0.419 e. The molecule has 2 heterocycles. The van der Waals surface area contributed by atoms with E-state index in [0.29, 0.717) is 51.2 Å². The molecule has 1 aromatic carbocycles. The topological polar surface area (TPSA) is 71.7 Å². The van der Waals surface area contributed by atoms with Crippen LogP contribution in [0.5, 0.6) is 0 Å². The molecule has 1 aliphatic heterocycles. The first kappa shape index (κ1) is 16.6. The highest BCUT2D eigenvalue weighted by Crippen LogP contribution is 2.19. The molecule has 1 aliphatic rings. The maximum absolute atomic E-state index is 12.2. The first-order valence-corrected chi connectivity index (χ1v) is 8.05. The summed E-state index contributed by atoms with van der Waals surface area (Å²) in [6.07, 6.45) is 0. The van der Waals surface area contributed by atoms with Crippen molar-refractivity contribution in [2.24, 2.45) is 0 Å². The SMILES string of the molecule is Cc1cccc(-c2nnc(CN(C)CC(=O)N3CCOCC3)o2)c1. The summed E-state index contributed by atoms with van der Waals surface area (Å²) in [5.74, 6) is 1.10. The fraction of sp³-hybridized carbons (Fsp3) is 0.471. The fourth-order valence-electron chi connectivity index (χ4n) is 2.64. The molecule has 0 bridgehead atoms. The Bertz CT molecular complexity index is 695. The van der Waals surface area contributed by atoms with Crippen molar-refractivity contribution in [2.45, 2.75) is 13.5 Å². The minimum atomic E-state index is 0.0965. The quantitative estimate of drug-likeness (QED) is 0.824. The van der Waals surface area contributed by atoms with E-state index in [9.17, 15) is 4.79 Å². The molecule has 1 amide bonds. The van der Waals surface area contributed by atoms with Gasteiger partial charge in [0.2, 0.25) is 17.7 Å². The third kappa shape index (κ3) is 4.18. The van der Waals surface area contributed by atoms with Gasteiger partial charge in [-0.05, 0) is 26.1 Å². The lowest BCUT2D eigenvalue weighted by Gasteiger charge is -2.28. The van der Waals surface area contributed by atoms with Crippen molar-refractivity contribution >= 4 is 5.91 Å². The standard InChI is InChI=1S/C17H22N4O3/c1-13-4-3-5-14(10-13)17-19-18-15(24-17)11-20(2)12-16(22)21-6-8-23-9-7-21/h3-5,10H,6-9,11-12H2,1-2H3. The number of benzene rings is 1. The van der Waals surface area contributed by atoms with Crippen molar-refractivity contribution in [3.63, 3.8) is 0 Å². The summed E-state index contributed by atoms with van der Waals surface area (Å²) in [5.41, 5.74) is 2.04. The number of ether oxygens (including phenoxy) is 1. The second kappa shape index (κ2) is 7.55. The molecule has 128 valence electrons. The lowest BCUT2D eigenvalue weighted by molar-refractivity contribution is -0.136. The maximum Gasteiger partial charge on any atom is 0.247 e. The van der Waals surface area contributed by atoms with Gasteiger partial charge in [-0.3, -0.25) is 9.69 Å². The van der Waals surface area contributed by atoms with Crippen LogP contribution in [0.4, 0.5) is 0 Å². The molecular weight excluding hydrogens is 308 g/mol. The van der Waals surface area contributed by atoms with Crippen molar-refractivity contribution in [1.82, 2.24) is 20.0 Å². The Balaban J connectivity index is 1.57. The summed E-state index contributed by atoms with van der Waals surface area (Å²) in [5, 5.41) is 8.17. The summed E-state index contributed by atoms with van der Waals surface area (Å²) in [6, 6.07) is 7.92. The summed E-state index contributed by atoms with van der Waals surface area (Å²) >= 11 is 0. The Labute approximate surface area is 141 Å². The van der Waals surface area contributed by atoms with Crippen LogP contribution in [0.25, 0.3) is 11.5 Å². The highest BCUT2D eigenvalue weighted by Gasteiger charge is 2.19. The van der Waals surface area contributed by atoms with Crippen LogP contribution < -0.4 is 0 Å². The zero-order valence-corrected chi connectivity index (χ0v) is 14.1. The van der Waals surface area contributed by atoms with Crippen LogP contribution in [0.1, 0.15) is 11.5 Å². The van der Waals surface area contributed by atoms with Crippen LogP contribution >= 0.6 is 0 Å². The summed E-state index contributed by atoms with van der Waals surface area (Å²) in [7, 11) is 1.87. The number of hydrogen-bond acceptors (Lipinski definition) is 6. The number of likely N-dealkylation sites (N-methyl/N-ethyl adjacent to an activating group) is 1. The molecule has 1 aromatic heterocycles. The number of rotatable bonds is 5. The van der Waals surface area contributed by atoms with Crippen LogP contribution in [0.3, 0.4) is 0 Å². The van der Waals surface area contributed by atoms with Gasteiger partial charge in [0.25, 0.3) is 0 Å². The van der Waals surface area contributed by atoms with E-state index in [4.69, 9.17) is 9.15 Å². The van der Waals surface area contributed by atoms with Gasteiger partial charge in [-0.15, -0.1) is 10.2 Å². The first-order chi connectivity index (χ1) is 11.6. The Morgan fingerprint density at radius 2 is 2.08 bits per heavy atom. The Morgan fingerprint density at radius 1 is 1.29 bits per heavy atom. The number of aromatic nitrogens is 2. The molecule has 7 nitrogen and oxygen atoms in total. The predicted octanol–water partition coefficient (Wildman–Crippen LogP) is 1.34. The fourth-order valence-corrected chi connectivity index (χ4v) is 2.64. The Hall–Kier alpha value is -2.25.